The molecule has 0 aliphatic carbocycles. The standard InChI is InChI=1S/C64H43N5/c1-5-18-44(19-6-1)45-32-35-50(36-33-45)67(62-43-57(46-20-7-2-8-21-46)65-64(66-62)47-22-9-3-10-23-47)51-37-39-52(40-38-51)68-59-30-16-14-27-56(59)63-53(28-17-31-60(63)68)48-34-41-55-54-26-13-15-29-58(54)69(61(55)42-48)49-24-11-4-12-25-49/h1-43H. The first kappa shape index (κ1) is 40.0. The highest BCUT2D eigenvalue weighted by molar-refractivity contribution is 6.17. The third kappa shape index (κ3) is 7.04. The van der Waals surface area contributed by atoms with Crippen molar-refractivity contribution in [2.24, 2.45) is 0 Å². The van der Waals surface area contributed by atoms with E-state index in [4.69, 9.17) is 9.97 Å². The fourth-order valence-corrected chi connectivity index (χ4v) is 10.2. The molecule has 0 aliphatic rings. The van der Waals surface area contributed by atoms with Gasteiger partial charge in [-0.05, 0) is 95.1 Å². The van der Waals surface area contributed by atoms with Crippen LogP contribution in [0.25, 0.3) is 99.9 Å². The van der Waals surface area contributed by atoms with Crippen molar-refractivity contribution in [2.75, 3.05) is 4.90 Å². The molecule has 13 aromatic rings. The molecule has 0 saturated carbocycles. The van der Waals surface area contributed by atoms with Crippen LogP contribution < -0.4 is 4.90 Å². The molecule has 0 saturated heterocycles. The molecule has 13 rings (SSSR count). The van der Waals surface area contributed by atoms with Gasteiger partial charge < -0.3 is 9.13 Å². The Morgan fingerprint density at radius 2 is 0.797 bits per heavy atom. The number of nitrogens with zero attached hydrogens (tertiary/aromatic N) is 5. The summed E-state index contributed by atoms with van der Waals surface area (Å²) in [6.07, 6.45) is 0. The van der Waals surface area contributed by atoms with Crippen LogP contribution in [0.5, 0.6) is 0 Å². The Labute approximate surface area is 400 Å². The molecule has 324 valence electrons. The molecule has 69 heavy (non-hydrogen) atoms. The van der Waals surface area contributed by atoms with E-state index in [0.29, 0.717) is 5.82 Å². The van der Waals surface area contributed by atoms with E-state index in [0.717, 1.165) is 62.0 Å². The summed E-state index contributed by atoms with van der Waals surface area (Å²) in [6, 6.07) is 92.8. The first-order valence-electron chi connectivity index (χ1n) is 23.4. The molecule has 0 fully saturated rings. The number of anilines is 3. The number of aromatic nitrogens is 4. The van der Waals surface area contributed by atoms with Crippen LogP contribution in [-0.4, -0.2) is 19.1 Å². The maximum Gasteiger partial charge on any atom is 0.162 e. The monoisotopic (exact) mass is 881 g/mol. The van der Waals surface area contributed by atoms with Crippen LogP contribution in [-0.2, 0) is 0 Å². The van der Waals surface area contributed by atoms with E-state index in [1.807, 2.05) is 24.3 Å². The minimum absolute atomic E-state index is 0.663. The SMILES string of the molecule is c1ccc(-c2ccc(N(c3ccc(-n4c5ccccc5c5c(-c6ccc7c8ccccc8n(-c8ccccc8)c7c6)cccc54)cc3)c3cc(-c4ccccc4)nc(-c4ccccc4)n3)cc2)cc1. The van der Waals surface area contributed by atoms with E-state index < -0.39 is 0 Å². The van der Waals surface area contributed by atoms with Gasteiger partial charge in [-0.1, -0.05) is 182 Å². The lowest BCUT2D eigenvalue weighted by atomic mass is 9.98. The zero-order chi connectivity index (χ0) is 45.7. The van der Waals surface area contributed by atoms with Crippen molar-refractivity contribution in [1.29, 1.82) is 0 Å². The van der Waals surface area contributed by atoms with Gasteiger partial charge in [0.2, 0.25) is 0 Å². The van der Waals surface area contributed by atoms with E-state index in [2.05, 4.69) is 251 Å². The normalized spacial score (nSPS) is 11.5. The van der Waals surface area contributed by atoms with E-state index in [1.165, 1.54) is 49.3 Å². The Balaban J connectivity index is 0.962. The third-order valence-electron chi connectivity index (χ3n) is 13.3. The molecule has 0 N–H and O–H groups in total. The fourth-order valence-electron chi connectivity index (χ4n) is 10.2. The van der Waals surface area contributed by atoms with Gasteiger partial charge in [-0.3, -0.25) is 4.90 Å². The van der Waals surface area contributed by atoms with Gasteiger partial charge in [0, 0.05) is 61.5 Å². The quantitative estimate of drug-likeness (QED) is 0.145. The molecule has 5 nitrogen and oxygen atoms in total. The van der Waals surface area contributed by atoms with Gasteiger partial charge in [-0.2, -0.15) is 0 Å². The molecule has 3 aromatic heterocycles. The summed E-state index contributed by atoms with van der Waals surface area (Å²) in [6.45, 7) is 0. The number of fused-ring (bicyclic) bond motifs is 6. The molecule has 0 spiro atoms. The number of benzene rings is 10. The highest BCUT2D eigenvalue weighted by Crippen LogP contribution is 2.43. The van der Waals surface area contributed by atoms with Crippen molar-refractivity contribution in [3.8, 4) is 56.3 Å². The topological polar surface area (TPSA) is 38.9 Å². The second-order valence-electron chi connectivity index (χ2n) is 17.4. The average molecular weight is 882 g/mol. The Morgan fingerprint density at radius 3 is 1.49 bits per heavy atom. The van der Waals surface area contributed by atoms with Gasteiger partial charge in [-0.25, -0.2) is 9.97 Å². The Hall–Kier alpha value is -9.32. The molecular formula is C64H43N5. The van der Waals surface area contributed by atoms with E-state index >= 15 is 0 Å². The molecule has 0 bridgehead atoms. The van der Waals surface area contributed by atoms with Crippen LogP contribution in [0.3, 0.4) is 0 Å². The zero-order valence-electron chi connectivity index (χ0n) is 37.6. The van der Waals surface area contributed by atoms with E-state index in [9.17, 15) is 0 Å². The third-order valence-corrected chi connectivity index (χ3v) is 13.3. The van der Waals surface area contributed by atoms with Crippen molar-refractivity contribution < 1.29 is 0 Å². The van der Waals surface area contributed by atoms with E-state index in [-0.39, 0.29) is 0 Å². The molecule has 0 amide bonds. The molecule has 0 radical (unpaired) electrons. The number of hydrogen-bond donors (Lipinski definition) is 0. The van der Waals surface area contributed by atoms with Gasteiger partial charge in [-0.15, -0.1) is 0 Å². The fraction of sp³-hybridized carbons (Fsp3) is 0. The molecule has 0 atom stereocenters. The minimum atomic E-state index is 0.663. The van der Waals surface area contributed by atoms with Gasteiger partial charge in [0.25, 0.3) is 0 Å². The van der Waals surface area contributed by atoms with Gasteiger partial charge in [0.15, 0.2) is 5.82 Å². The van der Waals surface area contributed by atoms with Crippen LogP contribution in [0.2, 0.25) is 0 Å². The van der Waals surface area contributed by atoms with Crippen LogP contribution >= 0.6 is 0 Å². The van der Waals surface area contributed by atoms with Gasteiger partial charge in [0.1, 0.15) is 5.82 Å². The smallest absolute Gasteiger partial charge is 0.162 e. The Kier molecular flexibility index (Phi) is 9.76. The van der Waals surface area contributed by atoms with Crippen LogP contribution in [0.15, 0.2) is 261 Å². The predicted octanol–water partition coefficient (Wildman–Crippen LogP) is 16.8. The number of para-hydroxylation sites is 3. The summed E-state index contributed by atoms with van der Waals surface area (Å²) < 4.78 is 4.80. The van der Waals surface area contributed by atoms with Crippen molar-refractivity contribution >= 4 is 60.8 Å². The molecule has 5 heteroatoms. The largest absolute Gasteiger partial charge is 0.309 e. The molecule has 3 heterocycles. The first-order valence-corrected chi connectivity index (χ1v) is 23.4. The summed E-state index contributed by atoms with van der Waals surface area (Å²) in [5.41, 5.74) is 16.4. The highest BCUT2D eigenvalue weighted by atomic mass is 15.2. The maximum absolute atomic E-state index is 5.32. The predicted molar refractivity (Wildman–Crippen MR) is 287 cm³/mol. The van der Waals surface area contributed by atoms with Crippen molar-refractivity contribution in [2.45, 2.75) is 0 Å². The number of rotatable bonds is 9. The molecule has 0 aliphatic heterocycles. The summed E-state index contributed by atoms with van der Waals surface area (Å²) in [5, 5.41) is 4.92. The van der Waals surface area contributed by atoms with Crippen molar-refractivity contribution in [3.05, 3.63) is 261 Å². The summed E-state index contributed by atoms with van der Waals surface area (Å²) in [7, 11) is 0. The average Bonchev–Trinajstić information content (AvgIpc) is 3.95. The number of hydrogen-bond acceptors (Lipinski definition) is 3. The zero-order valence-corrected chi connectivity index (χ0v) is 37.6. The maximum atomic E-state index is 5.32. The highest BCUT2D eigenvalue weighted by Gasteiger charge is 2.21. The lowest BCUT2D eigenvalue weighted by Gasteiger charge is -2.26. The van der Waals surface area contributed by atoms with Gasteiger partial charge in [0.05, 0.1) is 27.8 Å². The van der Waals surface area contributed by atoms with Crippen LogP contribution in [0.4, 0.5) is 17.2 Å². The van der Waals surface area contributed by atoms with Crippen LogP contribution in [0, 0.1) is 0 Å². The van der Waals surface area contributed by atoms with E-state index in [1.54, 1.807) is 0 Å². The molecule has 0 unspecified atom stereocenters. The second kappa shape index (κ2) is 16.8. The summed E-state index contributed by atoms with van der Waals surface area (Å²) in [5.74, 6) is 1.43. The summed E-state index contributed by atoms with van der Waals surface area (Å²) in [4.78, 5) is 12.7. The van der Waals surface area contributed by atoms with Crippen molar-refractivity contribution in [3.63, 3.8) is 0 Å². The van der Waals surface area contributed by atoms with Gasteiger partial charge >= 0.3 is 0 Å². The van der Waals surface area contributed by atoms with Crippen LogP contribution in [0.1, 0.15) is 0 Å². The Morgan fingerprint density at radius 1 is 0.304 bits per heavy atom. The molecular weight excluding hydrogens is 839 g/mol. The minimum Gasteiger partial charge on any atom is -0.309 e. The van der Waals surface area contributed by atoms with Crippen molar-refractivity contribution in [1.82, 2.24) is 19.1 Å². The summed E-state index contributed by atoms with van der Waals surface area (Å²) >= 11 is 0. The Bertz CT molecular complexity index is 3910. The lowest BCUT2D eigenvalue weighted by Crippen LogP contribution is -2.13. The second-order valence-corrected chi connectivity index (χ2v) is 17.4. The lowest BCUT2D eigenvalue weighted by molar-refractivity contribution is 1.12. The first-order chi connectivity index (χ1) is 34.2. The molecule has 10 aromatic carbocycles.